The highest BCUT2D eigenvalue weighted by Gasteiger charge is 2.19. The van der Waals surface area contributed by atoms with Crippen LogP contribution in [0.5, 0.6) is 11.5 Å². The maximum atomic E-state index is 12.2. The van der Waals surface area contributed by atoms with Gasteiger partial charge in [-0.05, 0) is 19.1 Å². The first-order valence-corrected chi connectivity index (χ1v) is 5.64. The second kappa shape index (κ2) is 6.86. The summed E-state index contributed by atoms with van der Waals surface area (Å²) >= 11 is 0. The summed E-state index contributed by atoms with van der Waals surface area (Å²) in [5, 5.41) is 2.82. The van der Waals surface area contributed by atoms with Crippen molar-refractivity contribution in [1.29, 1.82) is 0 Å². The Morgan fingerprint density at radius 2 is 1.78 bits per heavy atom. The van der Waals surface area contributed by atoms with Crippen molar-refractivity contribution in [1.82, 2.24) is 5.32 Å². The van der Waals surface area contributed by atoms with Crippen LogP contribution in [0.1, 0.15) is 17.3 Å². The first-order valence-electron chi connectivity index (χ1n) is 5.64. The summed E-state index contributed by atoms with van der Waals surface area (Å²) in [5.74, 6) is 0.724. The number of ether oxygens (including phenoxy) is 3. The van der Waals surface area contributed by atoms with Crippen molar-refractivity contribution in [3.05, 3.63) is 23.8 Å². The van der Waals surface area contributed by atoms with E-state index in [1.165, 1.54) is 14.2 Å². The summed E-state index contributed by atoms with van der Waals surface area (Å²) in [6.45, 7) is 2.31. The van der Waals surface area contributed by atoms with Crippen molar-refractivity contribution in [3.8, 4) is 11.5 Å². The molecule has 5 heteroatoms. The smallest absolute Gasteiger partial charge is 0.259 e. The quantitative estimate of drug-likeness (QED) is 0.834. The zero-order chi connectivity index (χ0) is 13.5. The highest BCUT2D eigenvalue weighted by Crippen LogP contribution is 2.27. The maximum absolute atomic E-state index is 12.2. The molecule has 0 aliphatic rings. The molecule has 0 saturated carbocycles. The molecular formula is C13H19NO4. The number of carbonyl (C=O) groups is 1. The van der Waals surface area contributed by atoms with Gasteiger partial charge in [0.25, 0.3) is 5.91 Å². The lowest BCUT2D eigenvalue weighted by Crippen LogP contribution is -2.36. The van der Waals surface area contributed by atoms with Crippen LogP contribution < -0.4 is 14.8 Å². The van der Waals surface area contributed by atoms with Crippen LogP contribution in [-0.4, -0.2) is 39.9 Å². The molecule has 0 radical (unpaired) electrons. The van der Waals surface area contributed by atoms with Crippen LogP contribution in [0.2, 0.25) is 0 Å². The zero-order valence-corrected chi connectivity index (χ0v) is 11.1. The Morgan fingerprint density at radius 1 is 1.22 bits per heavy atom. The number of benzene rings is 1. The van der Waals surface area contributed by atoms with Crippen LogP contribution in [-0.2, 0) is 4.74 Å². The molecule has 0 aliphatic carbocycles. The van der Waals surface area contributed by atoms with Crippen molar-refractivity contribution < 1.29 is 19.0 Å². The minimum atomic E-state index is -0.242. The molecule has 0 unspecified atom stereocenters. The van der Waals surface area contributed by atoms with Crippen LogP contribution >= 0.6 is 0 Å². The third-order valence-corrected chi connectivity index (χ3v) is 2.45. The Bertz CT molecular complexity index is 384. The molecule has 0 heterocycles. The van der Waals surface area contributed by atoms with E-state index in [-0.39, 0.29) is 11.9 Å². The van der Waals surface area contributed by atoms with Crippen LogP contribution in [0, 0.1) is 0 Å². The lowest BCUT2D eigenvalue weighted by atomic mass is 10.1. The van der Waals surface area contributed by atoms with E-state index in [4.69, 9.17) is 14.2 Å². The fourth-order valence-corrected chi connectivity index (χ4v) is 1.66. The molecule has 0 fully saturated rings. The van der Waals surface area contributed by atoms with Crippen molar-refractivity contribution in [3.63, 3.8) is 0 Å². The number of amides is 1. The molecule has 0 aromatic heterocycles. The third kappa shape index (κ3) is 3.37. The summed E-state index contributed by atoms with van der Waals surface area (Å²) in [6.07, 6.45) is 0. The summed E-state index contributed by atoms with van der Waals surface area (Å²) < 4.78 is 15.3. The Balaban J connectivity index is 2.96. The molecule has 18 heavy (non-hydrogen) atoms. The number of hydrogen-bond acceptors (Lipinski definition) is 4. The average Bonchev–Trinajstić information content (AvgIpc) is 2.37. The van der Waals surface area contributed by atoms with Gasteiger partial charge in [0.15, 0.2) is 0 Å². The molecule has 100 valence electrons. The number of methoxy groups -OCH3 is 3. The predicted molar refractivity (Wildman–Crippen MR) is 68.4 cm³/mol. The Kier molecular flexibility index (Phi) is 5.45. The highest BCUT2D eigenvalue weighted by atomic mass is 16.5. The second-order valence-electron chi connectivity index (χ2n) is 3.87. The first-order chi connectivity index (χ1) is 8.63. The van der Waals surface area contributed by atoms with Crippen molar-refractivity contribution in [2.45, 2.75) is 13.0 Å². The monoisotopic (exact) mass is 253 g/mol. The van der Waals surface area contributed by atoms with Gasteiger partial charge in [-0.3, -0.25) is 4.79 Å². The van der Waals surface area contributed by atoms with E-state index in [1.807, 2.05) is 6.92 Å². The highest BCUT2D eigenvalue weighted by molar-refractivity contribution is 5.99. The van der Waals surface area contributed by atoms with Crippen LogP contribution in [0.4, 0.5) is 0 Å². The topological polar surface area (TPSA) is 56.8 Å². The average molecular weight is 253 g/mol. The summed E-state index contributed by atoms with van der Waals surface area (Å²) in [6, 6.07) is 5.13. The number of nitrogens with one attached hydrogen (secondary N) is 1. The summed E-state index contributed by atoms with van der Waals surface area (Å²) in [7, 11) is 4.63. The van der Waals surface area contributed by atoms with Gasteiger partial charge < -0.3 is 19.5 Å². The van der Waals surface area contributed by atoms with Crippen LogP contribution in [0.3, 0.4) is 0 Å². The van der Waals surface area contributed by atoms with E-state index in [1.54, 1.807) is 25.3 Å². The molecule has 1 N–H and O–H groups in total. The lowest BCUT2D eigenvalue weighted by Gasteiger charge is -2.16. The zero-order valence-electron chi connectivity index (χ0n) is 11.1. The molecule has 0 aliphatic heterocycles. The maximum Gasteiger partial charge on any atom is 0.259 e. The number of rotatable bonds is 6. The van der Waals surface area contributed by atoms with Gasteiger partial charge in [-0.1, -0.05) is 6.07 Å². The Labute approximate surface area is 107 Å². The van der Waals surface area contributed by atoms with E-state index < -0.39 is 0 Å². The van der Waals surface area contributed by atoms with Crippen molar-refractivity contribution in [2.75, 3.05) is 27.9 Å². The molecule has 1 aromatic carbocycles. The predicted octanol–water partition coefficient (Wildman–Crippen LogP) is 1.47. The fourth-order valence-electron chi connectivity index (χ4n) is 1.66. The minimum Gasteiger partial charge on any atom is -0.496 e. The Morgan fingerprint density at radius 3 is 2.22 bits per heavy atom. The van der Waals surface area contributed by atoms with E-state index in [9.17, 15) is 4.79 Å². The van der Waals surface area contributed by atoms with Gasteiger partial charge in [0.2, 0.25) is 0 Å². The van der Waals surface area contributed by atoms with E-state index in [0.29, 0.717) is 23.7 Å². The van der Waals surface area contributed by atoms with Crippen molar-refractivity contribution >= 4 is 5.91 Å². The largest absolute Gasteiger partial charge is 0.496 e. The number of carbonyl (C=O) groups excluding carboxylic acids is 1. The molecule has 1 amide bonds. The standard InChI is InChI=1S/C13H19NO4/c1-9(8-16-2)14-13(15)12-10(17-3)6-5-7-11(12)18-4/h5-7,9H,8H2,1-4H3,(H,14,15)/t9-/m1/s1. The van der Waals surface area contributed by atoms with Gasteiger partial charge in [-0.25, -0.2) is 0 Å². The van der Waals surface area contributed by atoms with Gasteiger partial charge in [0, 0.05) is 13.2 Å². The number of hydrogen-bond donors (Lipinski definition) is 1. The Hall–Kier alpha value is -1.75. The first kappa shape index (κ1) is 14.3. The van der Waals surface area contributed by atoms with Gasteiger partial charge in [-0.15, -0.1) is 0 Å². The molecular weight excluding hydrogens is 234 g/mol. The molecule has 1 rings (SSSR count). The van der Waals surface area contributed by atoms with E-state index >= 15 is 0 Å². The second-order valence-corrected chi connectivity index (χ2v) is 3.87. The molecule has 1 atom stereocenters. The molecule has 0 saturated heterocycles. The summed E-state index contributed by atoms with van der Waals surface area (Å²) in [5.41, 5.74) is 0.394. The van der Waals surface area contributed by atoms with Crippen LogP contribution in [0.25, 0.3) is 0 Å². The molecule has 0 bridgehead atoms. The van der Waals surface area contributed by atoms with Gasteiger partial charge in [0.1, 0.15) is 17.1 Å². The summed E-state index contributed by atoms with van der Waals surface area (Å²) in [4.78, 5) is 12.2. The van der Waals surface area contributed by atoms with Gasteiger partial charge in [0.05, 0.1) is 20.8 Å². The lowest BCUT2D eigenvalue weighted by molar-refractivity contribution is 0.0899. The van der Waals surface area contributed by atoms with E-state index in [2.05, 4.69) is 5.32 Å². The van der Waals surface area contributed by atoms with Gasteiger partial charge in [-0.2, -0.15) is 0 Å². The van der Waals surface area contributed by atoms with Crippen LogP contribution in [0.15, 0.2) is 18.2 Å². The third-order valence-electron chi connectivity index (χ3n) is 2.45. The van der Waals surface area contributed by atoms with Gasteiger partial charge >= 0.3 is 0 Å². The SMILES string of the molecule is COC[C@@H](C)NC(=O)c1c(OC)cccc1OC. The minimum absolute atomic E-state index is 0.0860. The fraction of sp³-hybridized carbons (Fsp3) is 0.462. The molecule has 0 spiro atoms. The molecule has 1 aromatic rings. The van der Waals surface area contributed by atoms with E-state index in [0.717, 1.165) is 0 Å². The normalized spacial score (nSPS) is 11.8. The molecule has 5 nitrogen and oxygen atoms in total. The van der Waals surface area contributed by atoms with Crippen molar-refractivity contribution in [2.24, 2.45) is 0 Å².